The van der Waals surface area contributed by atoms with Crippen molar-refractivity contribution in [1.29, 1.82) is 0 Å². The third kappa shape index (κ3) is 4.18. The Kier molecular flexibility index (Phi) is 4.97. The van der Waals surface area contributed by atoms with E-state index >= 15 is 0 Å². The molecular weight excluding hydrogens is 332 g/mol. The molecule has 2 heterocycles. The molecule has 2 aromatic rings. The molecule has 2 atom stereocenters. The van der Waals surface area contributed by atoms with Crippen LogP contribution in [0.25, 0.3) is 11.3 Å². The predicted molar refractivity (Wildman–Crippen MR) is 99.2 cm³/mol. The van der Waals surface area contributed by atoms with Crippen molar-refractivity contribution in [3.05, 3.63) is 35.5 Å². The number of hydrogen-bond donors (Lipinski definition) is 2. The zero-order chi connectivity index (χ0) is 17.1. The zero-order valence-corrected chi connectivity index (χ0v) is 15.1. The molecule has 25 heavy (non-hydrogen) atoms. The van der Waals surface area contributed by atoms with Crippen LogP contribution in [0.2, 0.25) is 0 Å². The Bertz CT molecular complexity index is 712. The maximum absolute atomic E-state index is 12.2. The molecule has 0 bridgehead atoms. The molecule has 2 fully saturated rings. The molecule has 132 valence electrons. The monoisotopic (exact) mass is 356 g/mol. The zero-order valence-electron chi connectivity index (χ0n) is 14.3. The highest BCUT2D eigenvalue weighted by atomic mass is 32.1. The molecule has 2 unspecified atom stereocenters. The second-order valence-corrected chi connectivity index (χ2v) is 7.85. The number of amides is 2. The van der Waals surface area contributed by atoms with E-state index in [0.29, 0.717) is 18.5 Å². The normalized spacial score (nSPS) is 23.2. The Morgan fingerprint density at radius 2 is 2.16 bits per heavy atom. The molecular formula is C19H24N4OS. The summed E-state index contributed by atoms with van der Waals surface area (Å²) in [6, 6.07) is 4.27. The first kappa shape index (κ1) is 16.5. The van der Waals surface area contributed by atoms with Crippen molar-refractivity contribution in [2.24, 2.45) is 11.8 Å². The second kappa shape index (κ2) is 7.52. The summed E-state index contributed by atoms with van der Waals surface area (Å²) in [6.45, 7) is 0.514. The van der Waals surface area contributed by atoms with Crippen LogP contribution in [0.1, 0.15) is 44.1 Å². The van der Waals surface area contributed by atoms with Gasteiger partial charge in [0.1, 0.15) is 0 Å². The number of nitrogens with one attached hydrogen (secondary N) is 2. The summed E-state index contributed by atoms with van der Waals surface area (Å²) in [4.78, 5) is 16.5. The molecule has 4 rings (SSSR count). The molecule has 2 aliphatic carbocycles. The van der Waals surface area contributed by atoms with Gasteiger partial charge in [-0.1, -0.05) is 32.1 Å². The molecule has 2 aromatic heterocycles. The Labute approximate surface area is 152 Å². The van der Waals surface area contributed by atoms with Gasteiger partial charge in [-0.2, -0.15) is 0 Å². The molecule has 2 saturated carbocycles. The topological polar surface area (TPSA) is 66.9 Å². The van der Waals surface area contributed by atoms with Crippen LogP contribution in [0.5, 0.6) is 0 Å². The molecule has 0 saturated heterocycles. The van der Waals surface area contributed by atoms with Crippen LogP contribution >= 0.6 is 11.5 Å². The third-order valence-corrected chi connectivity index (χ3v) is 6.00. The van der Waals surface area contributed by atoms with Gasteiger partial charge in [-0.3, -0.25) is 4.98 Å². The van der Waals surface area contributed by atoms with E-state index in [1.165, 1.54) is 43.6 Å². The number of urea groups is 1. The van der Waals surface area contributed by atoms with Crippen molar-refractivity contribution >= 4 is 17.6 Å². The smallest absolute Gasteiger partial charge is 0.315 e. The van der Waals surface area contributed by atoms with E-state index in [0.717, 1.165) is 29.2 Å². The first-order chi connectivity index (χ1) is 12.3. The summed E-state index contributed by atoms with van der Waals surface area (Å²) < 4.78 is 4.11. The lowest BCUT2D eigenvalue weighted by atomic mass is 9.85. The fourth-order valence-corrected chi connectivity index (χ4v) is 4.47. The van der Waals surface area contributed by atoms with Gasteiger partial charge in [0.25, 0.3) is 0 Å². The fourth-order valence-electron chi connectivity index (χ4n) is 3.94. The molecule has 2 amide bonds. The lowest BCUT2D eigenvalue weighted by Crippen LogP contribution is -2.37. The van der Waals surface area contributed by atoms with Crippen LogP contribution in [0.3, 0.4) is 0 Å². The minimum absolute atomic E-state index is 0.0566. The van der Waals surface area contributed by atoms with Gasteiger partial charge in [0, 0.05) is 29.7 Å². The number of pyridine rings is 1. The number of aromatic nitrogens is 2. The maximum Gasteiger partial charge on any atom is 0.315 e. The summed E-state index contributed by atoms with van der Waals surface area (Å²) in [5, 5.41) is 8.09. The van der Waals surface area contributed by atoms with Crippen LogP contribution in [0.4, 0.5) is 4.79 Å². The highest BCUT2D eigenvalue weighted by Gasteiger charge is 2.43. The Hall–Kier alpha value is -1.95. The van der Waals surface area contributed by atoms with E-state index in [-0.39, 0.29) is 6.03 Å². The molecule has 6 heteroatoms. The average Bonchev–Trinajstić information content (AvgIpc) is 3.19. The summed E-state index contributed by atoms with van der Waals surface area (Å²) in [7, 11) is 0. The van der Waals surface area contributed by atoms with Gasteiger partial charge in [0.2, 0.25) is 0 Å². The predicted octanol–water partition coefficient (Wildman–Crippen LogP) is 3.97. The van der Waals surface area contributed by atoms with Crippen molar-refractivity contribution in [3.63, 3.8) is 0 Å². The van der Waals surface area contributed by atoms with E-state index < -0.39 is 0 Å². The standard InChI is InChI=1S/C19H24N4OS/c24-19(23-18-9-16(18)14-4-2-1-3-5-14)21-10-13-6-7-20-17(8-13)15-11-22-25-12-15/h6-8,11-12,14,16,18H,1-5,9-10H2,(H2,21,23,24). The largest absolute Gasteiger partial charge is 0.335 e. The first-order valence-corrected chi connectivity index (χ1v) is 10.0. The number of hydrogen-bond acceptors (Lipinski definition) is 4. The van der Waals surface area contributed by atoms with Gasteiger partial charge in [-0.15, -0.1) is 0 Å². The highest BCUT2D eigenvalue weighted by Crippen LogP contribution is 2.44. The van der Waals surface area contributed by atoms with Crippen molar-refractivity contribution in [1.82, 2.24) is 20.0 Å². The van der Waals surface area contributed by atoms with Gasteiger partial charge >= 0.3 is 6.03 Å². The summed E-state index contributed by atoms with van der Waals surface area (Å²) in [6.07, 6.45) is 11.6. The molecule has 2 aliphatic rings. The number of rotatable bonds is 5. The van der Waals surface area contributed by atoms with E-state index in [1.54, 1.807) is 6.20 Å². The minimum atomic E-state index is -0.0566. The van der Waals surface area contributed by atoms with Gasteiger partial charge in [-0.05, 0) is 47.5 Å². The lowest BCUT2D eigenvalue weighted by Gasteiger charge is -2.21. The van der Waals surface area contributed by atoms with Crippen molar-refractivity contribution in [2.45, 2.75) is 51.1 Å². The highest BCUT2D eigenvalue weighted by molar-refractivity contribution is 7.03. The van der Waals surface area contributed by atoms with Crippen LogP contribution < -0.4 is 10.6 Å². The van der Waals surface area contributed by atoms with Gasteiger partial charge in [0.05, 0.1) is 11.9 Å². The second-order valence-electron chi connectivity index (χ2n) is 7.19. The SMILES string of the molecule is O=C(NCc1ccnc(-c2cnsc2)c1)NC1CC1C1CCCCC1. The van der Waals surface area contributed by atoms with Gasteiger partial charge < -0.3 is 10.6 Å². The van der Waals surface area contributed by atoms with Crippen LogP contribution in [-0.4, -0.2) is 21.4 Å². The first-order valence-electron chi connectivity index (χ1n) is 9.18. The van der Waals surface area contributed by atoms with E-state index in [1.807, 2.05) is 23.7 Å². The Morgan fingerprint density at radius 3 is 2.96 bits per heavy atom. The maximum atomic E-state index is 12.2. The van der Waals surface area contributed by atoms with Crippen LogP contribution in [-0.2, 0) is 6.54 Å². The van der Waals surface area contributed by atoms with Crippen molar-refractivity contribution in [3.8, 4) is 11.3 Å². The third-order valence-electron chi connectivity index (χ3n) is 5.42. The Balaban J connectivity index is 1.25. The quantitative estimate of drug-likeness (QED) is 0.852. The van der Waals surface area contributed by atoms with E-state index in [2.05, 4.69) is 20.0 Å². The molecule has 0 spiro atoms. The molecule has 0 aliphatic heterocycles. The van der Waals surface area contributed by atoms with Crippen LogP contribution in [0, 0.1) is 11.8 Å². The summed E-state index contributed by atoms with van der Waals surface area (Å²) in [5.74, 6) is 1.55. The average molecular weight is 356 g/mol. The molecule has 5 nitrogen and oxygen atoms in total. The lowest BCUT2D eigenvalue weighted by molar-refractivity contribution is 0.238. The minimum Gasteiger partial charge on any atom is -0.335 e. The van der Waals surface area contributed by atoms with Crippen molar-refractivity contribution in [2.75, 3.05) is 0 Å². The molecule has 0 aromatic carbocycles. The number of carbonyl (C=O) groups excluding carboxylic acids is 1. The van der Waals surface area contributed by atoms with Crippen molar-refractivity contribution < 1.29 is 4.79 Å². The van der Waals surface area contributed by atoms with E-state index in [9.17, 15) is 4.79 Å². The van der Waals surface area contributed by atoms with Crippen LogP contribution in [0.15, 0.2) is 29.9 Å². The van der Waals surface area contributed by atoms with Gasteiger partial charge in [-0.25, -0.2) is 9.17 Å². The Morgan fingerprint density at radius 1 is 1.28 bits per heavy atom. The van der Waals surface area contributed by atoms with E-state index in [4.69, 9.17) is 0 Å². The van der Waals surface area contributed by atoms with Gasteiger partial charge in [0.15, 0.2) is 0 Å². The number of carbonyl (C=O) groups is 1. The fraction of sp³-hybridized carbons (Fsp3) is 0.526. The summed E-state index contributed by atoms with van der Waals surface area (Å²) >= 11 is 1.41. The molecule has 0 radical (unpaired) electrons. The summed E-state index contributed by atoms with van der Waals surface area (Å²) in [5.41, 5.74) is 2.96. The number of nitrogens with zero attached hydrogens (tertiary/aromatic N) is 2. The molecule has 2 N–H and O–H groups in total.